The van der Waals surface area contributed by atoms with Crippen molar-refractivity contribution in [1.82, 2.24) is 15.5 Å². The molecule has 2 aliphatic heterocycles. The Balaban J connectivity index is 1.50. The molecule has 0 saturated carbocycles. The zero-order valence-electron chi connectivity index (χ0n) is 15.1. The predicted molar refractivity (Wildman–Crippen MR) is 106 cm³/mol. The minimum atomic E-state index is -0.0508. The number of urea groups is 1. The number of halogens is 1. The van der Waals surface area contributed by atoms with Gasteiger partial charge in [-0.05, 0) is 48.9 Å². The fourth-order valence-electron chi connectivity index (χ4n) is 3.68. The number of rotatable bonds is 4. The van der Waals surface area contributed by atoms with Crippen LogP contribution in [-0.4, -0.2) is 42.4 Å². The van der Waals surface area contributed by atoms with Gasteiger partial charge in [-0.1, -0.05) is 25.4 Å². The Morgan fingerprint density at radius 1 is 1.28 bits per heavy atom. The third-order valence-corrected chi connectivity index (χ3v) is 6.22. The molecule has 25 heavy (non-hydrogen) atoms. The molecule has 0 radical (unpaired) electrons. The minimum Gasteiger partial charge on any atom is -0.335 e. The summed E-state index contributed by atoms with van der Waals surface area (Å²) in [5.41, 5.74) is 1.14. The maximum absolute atomic E-state index is 12.5. The minimum absolute atomic E-state index is 0.0508. The van der Waals surface area contributed by atoms with E-state index in [-0.39, 0.29) is 18.1 Å². The lowest BCUT2D eigenvalue weighted by atomic mass is 10.0. The number of thioether (sulfide) groups is 1. The maximum Gasteiger partial charge on any atom is 0.315 e. The van der Waals surface area contributed by atoms with E-state index in [9.17, 15) is 4.79 Å². The molecule has 6 heteroatoms. The number of hydrogen-bond donors (Lipinski definition) is 2. The van der Waals surface area contributed by atoms with Gasteiger partial charge in [-0.2, -0.15) is 0 Å². The highest BCUT2D eigenvalue weighted by molar-refractivity contribution is 7.99. The highest BCUT2D eigenvalue weighted by atomic mass is 35.5. The Hall–Kier alpha value is -0.910. The van der Waals surface area contributed by atoms with Gasteiger partial charge in [-0.15, -0.1) is 11.8 Å². The summed E-state index contributed by atoms with van der Waals surface area (Å²) < 4.78 is 0. The average Bonchev–Trinajstić information content (AvgIpc) is 2.57. The zero-order chi connectivity index (χ0) is 17.8. The van der Waals surface area contributed by atoms with Gasteiger partial charge in [0.15, 0.2) is 0 Å². The van der Waals surface area contributed by atoms with Crippen molar-refractivity contribution in [3.63, 3.8) is 0 Å². The van der Waals surface area contributed by atoms with Crippen LogP contribution in [-0.2, 0) is 0 Å². The second kappa shape index (κ2) is 8.65. The van der Waals surface area contributed by atoms with E-state index in [1.807, 2.05) is 23.9 Å². The number of likely N-dealkylation sites (tertiary alicyclic amines) is 1. The van der Waals surface area contributed by atoms with Gasteiger partial charge in [0.2, 0.25) is 0 Å². The van der Waals surface area contributed by atoms with E-state index < -0.39 is 0 Å². The molecule has 1 saturated heterocycles. The summed E-state index contributed by atoms with van der Waals surface area (Å²) in [6, 6.07) is 6.24. The van der Waals surface area contributed by atoms with Crippen LogP contribution in [0.5, 0.6) is 0 Å². The molecular weight excluding hydrogens is 354 g/mol. The van der Waals surface area contributed by atoms with Crippen LogP contribution in [0.2, 0.25) is 5.02 Å². The number of fused-ring (bicyclic) bond motifs is 1. The third kappa shape index (κ3) is 5.28. The van der Waals surface area contributed by atoms with Gasteiger partial charge in [0.25, 0.3) is 0 Å². The van der Waals surface area contributed by atoms with Crippen LogP contribution in [0.15, 0.2) is 23.1 Å². The summed E-state index contributed by atoms with van der Waals surface area (Å²) in [5.74, 6) is 1.72. The van der Waals surface area contributed by atoms with E-state index in [1.165, 1.54) is 4.90 Å². The van der Waals surface area contributed by atoms with E-state index in [0.717, 1.165) is 55.2 Å². The fourth-order valence-corrected chi connectivity index (χ4v) is 4.96. The van der Waals surface area contributed by atoms with Crippen molar-refractivity contribution in [3.8, 4) is 0 Å². The van der Waals surface area contributed by atoms with E-state index >= 15 is 0 Å². The fraction of sp³-hybridized carbons (Fsp3) is 0.632. The molecule has 0 spiro atoms. The summed E-state index contributed by atoms with van der Waals surface area (Å²) in [7, 11) is 0. The lowest BCUT2D eigenvalue weighted by molar-refractivity contribution is 0.177. The Morgan fingerprint density at radius 3 is 2.76 bits per heavy atom. The molecule has 0 bridgehead atoms. The number of nitrogens with one attached hydrogen (secondary N) is 2. The number of benzene rings is 1. The van der Waals surface area contributed by atoms with Crippen LogP contribution in [0.25, 0.3) is 0 Å². The van der Waals surface area contributed by atoms with Crippen LogP contribution in [0.3, 0.4) is 0 Å². The first-order valence-electron chi connectivity index (χ1n) is 9.23. The van der Waals surface area contributed by atoms with Crippen LogP contribution < -0.4 is 10.6 Å². The van der Waals surface area contributed by atoms with E-state index in [0.29, 0.717) is 5.92 Å². The molecule has 0 unspecified atom stereocenters. The Bertz CT molecular complexity index is 602. The largest absolute Gasteiger partial charge is 0.335 e. The Morgan fingerprint density at radius 2 is 2.04 bits per heavy atom. The molecule has 1 fully saturated rings. The van der Waals surface area contributed by atoms with Crippen molar-refractivity contribution >= 4 is 29.4 Å². The van der Waals surface area contributed by atoms with Crippen molar-refractivity contribution in [3.05, 3.63) is 28.8 Å². The van der Waals surface area contributed by atoms with Gasteiger partial charge in [0.1, 0.15) is 0 Å². The predicted octanol–water partition coefficient (Wildman–Crippen LogP) is 4.30. The monoisotopic (exact) mass is 381 g/mol. The molecule has 2 aliphatic rings. The van der Waals surface area contributed by atoms with Gasteiger partial charge in [-0.25, -0.2) is 4.79 Å². The van der Waals surface area contributed by atoms with Crippen LogP contribution in [0, 0.1) is 5.92 Å². The molecule has 2 amide bonds. The van der Waals surface area contributed by atoms with Crippen molar-refractivity contribution in [1.29, 1.82) is 0 Å². The highest BCUT2D eigenvalue weighted by Gasteiger charge is 2.25. The number of carbonyl (C=O) groups excluding carboxylic acids is 1. The summed E-state index contributed by atoms with van der Waals surface area (Å²) in [6.45, 7) is 7.80. The van der Waals surface area contributed by atoms with Crippen LogP contribution >= 0.6 is 23.4 Å². The maximum atomic E-state index is 12.5. The van der Waals surface area contributed by atoms with Crippen LogP contribution in [0.4, 0.5) is 4.79 Å². The molecular formula is C19H28ClN3OS. The summed E-state index contributed by atoms with van der Waals surface area (Å²) >= 11 is 7.97. The first-order valence-corrected chi connectivity index (χ1v) is 10.6. The van der Waals surface area contributed by atoms with Gasteiger partial charge in [0, 0.05) is 41.3 Å². The van der Waals surface area contributed by atoms with E-state index in [2.05, 4.69) is 35.4 Å². The first-order chi connectivity index (χ1) is 12.0. The lowest BCUT2D eigenvalue weighted by Crippen LogP contribution is -2.49. The number of hydrogen-bond acceptors (Lipinski definition) is 3. The molecule has 0 aromatic heterocycles. The molecule has 1 atom stereocenters. The van der Waals surface area contributed by atoms with Crippen molar-refractivity contribution in [2.45, 2.75) is 50.1 Å². The second-order valence-electron chi connectivity index (χ2n) is 7.46. The quantitative estimate of drug-likeness (QED) is 0.817. The number of nitrogens with zero attached hydrogens (tertiary/aromatic N) is 1. The van der Waals surface area contributed by atoms with Crippen molar-refractivity contribution in [2.75, 3.05) is 25.4 Å². The van der Waals surface area contributed by atoms with Gasteiger partial charge >= 0.3 is 6.03 Å². The number of amides is 2. The number of piperidine rings is 1. The van der Waals surface area contributed by atoms with E-state index in [1.54, 1.807) is 0 Å². The van der Waals surface area contributed by atoms with Gasteiger partial charge in [0.05, 0.1) is 6.04 Å². The smallest absolute Gasteiger partial charge is 0.315 e. The van der Waals surface area contributed by atoms with Crippen LogP contribution in [0.1, 0.15) is 44.7 Å². The molecule has 138 valence electrons. The van der Waals surface area contributed by atoms with Gasteiger partial charge < -0.3 is 15.5 Å². The molecule has 2 heterocycles. The summed E-state index contributed by atoms with van der Waals surface area (Å²) in [4.78, 5) is 16.2. The first kappa shape index (κ1) is 18.9. The molecule has 3 rings (SSSR count). The summed E-state index contributed by atoms with van der Waals surface area (Å²) in [5, 5.41) is 7.05. The third-order valence-electron chi connectivity index (χ3n) is 4.86. The number of carbonyl (C=O) groups is 1. The average molecular weight is 382 g/mol. The molecule has 4 nitrogen and oxygen atoms in total. The highest BCUT2D eigenvalue weighted by Crippen LogP contribution is 2.37. The lowest BCUT2D eigenvalue weighted by Gasteiger charge is -2.34. The molecule has 2 N–H and O–H groups in total. The van der Waals surface area contributed by atoms with Crippen molar-refractivity contribution < 1.29 is 4.79 Å². The second-order valence-corrected chi connectivity index (χ2v) is 9.03. The topological polar surface area (TPSA) is 44.4 Å². The molecule has 1 aromatic rings. The normalized spacial score (nSPS) is 21.8. The molecule has 0 aliphatic carbocycles. The zero-order valence-corrected chi connectivity index (χ0v) is 16.6. The Kier molecular flexibility index (Phi) is 6.53. The standard InChI is InChI=1S/C19H28ClN3OS/c1-13(2)12-23-8-5-15(6-9-23)21-19(24)22-17-7-10-25-18-4-3-14(20)11-16(17)18/h3-4,11,13,15,17H,5-10,12H2,1-2H3,(H2,21,22,24)/t17-/m0/s1. The van der Waals surface area contributed by atoms with Gasteiger partial charge in [-0.3, -0.25) is 0 Å². The summed E-state index contributed by atoms with van der Waals surface area (Å²) in [6.07, 6.45) is 3.00. The van der Waals surface area contributed by atoms with E-state index in [4.69, 9.17) is 11.6 Å². The SMILES string of the molecule is CC(C)CN1CCC(NC(=O)N[C@H]2CCSc3ccc(Cl)cc32)CC1. The Labute approximate surface area is 160 Å². The van der Waals surface area contributed by atoms with Crippen molar-refractivity contribution in [2.24, 2.45) is 5.92 Å². The molecule has 1 aromatic carbocycles.